The van der Waals surface area contributed by atoms with Gasteiger partial charge in [0.15, 0.2) is 5.13 Å². The molecule has 0 unspecified atom stereocenters. The van der Waals surface area contributed by atoms with Gasteiger partial charge in [0.25, 0.3) is 0 Å². The predicted molar refractivity (Wildman–Crippen MR) is 113 cm³/mol. The number of carbonyl (C=O) groups is 1. The van der Waals surface area contributed by atoms with Crippen LogP contribution in [-0.2, 0) is 0 Å². The lowest BCUT2D eigenvalue weighted by molar-refractivity contribution is 0.208. The molecule has 1 N–H and O–H groups in total. The Hall–Kier alpha value is -2.32. The van der Waals surface area contributed by atoms with E-state index in [4.69, 9.17) is 9.72 Å². The number of halogens is 1. The van der Waals surface area contributed by atoms with E-state index in [0.717, 1.165) is 44.3 Å². The number of benzene rings is 2. The number of hydrogen-bond donors (Lipinski definition) is 1. The lowest BCUT2D eigenvalue weighted by Crippen LogP contribution is -2.50. The smallest absolute Gasteiger partial charge is 0.321 e. The minimum Gasteiger partial charge on any atom is -0.497 e. The van der Waals surface area contributed by atoms with Crippen molar-refractivity contribution in [1.82, 2.24) is 9.88 Å². The van der Waals surface area contributed by atoms with E-state index >= 15 is 0 Å². The Morgan fingerprint density at radius 3 is 2.78 bits per heavy atom. The minimum atomic E-state index is -0.0869. The maximum atomic E-state index is 12.5. The van der Waals surface area contributed by atoms with Gasteiger partial charge in [-0.3, -0.25) is 0 Å². The Kier molecular flexibility index (Phi) is 5.18. The summed E-state index contributed by atoms with van der Waals surface area (Å²) in [7, 11) is 1.61. The SMILES string of the molecule is COc1cccc(NC(=O)N2CCN(c3nc4ccc(Br)cc4s3)CC2)c1. The van der Waals surface area contributed by atoms with Gasteiger partial charge in [-0.05, 0) is 30.3 Å². The molecule has 2 heterocycles. The first kappa shape index (κ1) is 18.1. The quantitative estimate of drug-likeness (QED) is 0.646. The van der Waals surface area contributed by atoms with E-state index in [1.165, 1.54) is 0 Å². The van der Waals surface area contributed by atoms with Crippen LogP contribution in [0.5, 0.6) is 5.75 Å². The summed E-state index contributed by atoms with van der Waals surface area (Å²) >= 11 is 5.19. The van der Waals surface area contributed by atoms with Crippen molar-refractivity contribution in [2.45, 2.75) is 0 Å². The Balaban J connectivity index is 1.38. The molecule has 0 radical (unpaired) electrons. The largest absolute Gasteiger partial charge is 0.497 e. The molecular weight excluding hydrogens is 428 g/mol. The van der Waals surface area contributed by atoms with Gasteiger partial charge in [-0.15, -0.1) is 0 Å². The number of amides is 2. The second-order valence-corrected chi connectivity index (χ2v) is 8.17. The summed E-state index contributed by atoms with van der Waals surface area (Å²) in [6.07, 6.45) is 0. The van der Waals surface area contributed by atoms with E-state index < -0.39 is 0 Å². The maximum Gasteiger partial charge on any atom is 0.321 e. The summed E-state index contributed by atoms with van der Waals surface area (Å²) in [6, 6.07) is 13.4. The maximum absolute atomic E-state index is 12.5. The molecule has 4 rings (SSSR count). The molecule has 2 aromatic carbocycles. The number of anilines is 2. The molecule has 27 heavy (non-hydrogen) atoms. The van der Waals surface area contributed by atoms with Crippen molar-refractivity contribution >= 4 is 54.3 Å². The van der Waals surface area contributed by atoms with Gasteiger partial charge in [0, 0.05) is 42.4 Å². The first-order chi connectivity index (χ1) is 13.1. The van der Waals surface area contributed by atoms with Crippen molar-refractivity contribution in [1.29, 1.82) is 0 Å². The number of aromatic nitrogens is 1. The molecule has 0 spiro atoms. The molecule has 0 aliphatic carbocycles. The molecule has 1 fully saturated rings. The first-order valence-corrected chi connectivity index (χ1v) is 10.2. The zero-order valence-electron chi connectivity index (χ0n) is 14.8. The Bertz CT molecular complexity index is 969. The van der Waals surface area contributed by atoms with Crippen LogP contribution in [0.15, 0.2) is 46.9 Å². The van der Waals surface area contributed by atoms with Gasteiger partial charge in [0.05, 0.1) is 17.3 Å². The van der Waals surface area contributed by atoms with Crippen molar-refractivity contribution in [2.75, 3.05) is 43.5 Å². The minimum absolute atomic E-state index is 0.0869. The van der Waals surface area contributed by atoms with Crippen LogP contribution in [0.1, 0.15) is 0 Å². The van der Waals surface area contributed by atoms with Crippen LogP contribution in [-0.4, -0.2) is 49.2 Å². The molecular formula is C19H19BrN4O2S. The summed E-state index contributed by atoms with van der Waals surface area (Å²) in [5.74, 6) is 0.722. The third-order valence-electron chi connectivity index (χ3n) is 4.50. The topological polar surface area (TPSA) is 57.7 Å². The second kappa shape index (κ2) is 7.74. The van der Waals surface area contributed by atoms with Crippen LogP contribution in [0.25, 0.3) is 10.2 Å². The Morgan fingerprint density at radius 2 is 2.00 bits per heavy atom. The van der Waals surface area contributed by atoms with Crippen molar-refractivity contribution in [3.05, 3.63) is 46.9 Å². The number of ether oxygens (including phenoxy) is 1. The number of nitrogens with one attached hydrogen (secondary N) is 1. The number of carbonyl (C=O) groups excluding carboxylic acids is 1. The molecule has 1 aliphatic heterocycles. The zero-order valence-corrected chi connectivity index (χ0v) is 17.2. The van der Waals surface area contributed by atoms with Gasteiger partial charge in [-0.25, -0.2) is 9.78 Å². The molecule has 6 nitrogen and oxygen atoms in total. The Morgan fingerprint density at radius 1 is 1.19 bits per heavy atom. The third-order valence-corrected chi connectivity index (χ3v) is 6.07. The molecule has 8 heteroatoms. The molecule has 0 bridgehead atoms. The van der Waals surface area contributed by atoms with Gasteiger partial charge >= 0.3 is 6.03 Å². The number of urea groups is 1. The van der Waals surface area contributed by atoms with Crippen LogP contribution in [0.3, 0.4) is 0 Å². The number of thiazole rings is 1. The van der Waals surface area contributed by atoms with E-state index in [1.54, 1.807) is 18.4 Å². The summed E-state index contributed by atoms with van der Waals surface area (Å²) in [6.45, 7) is 2.86. The highest BCUT2D eigenvalue weighted by Crippen LogP contribution is 2.31. The molecule has 1 aromatic heterocycles. The summed E-state index contributed by atoms with van der Waals surface area (Å²) < 4.78 is 7.42. The monoisotopic (exact) mass is 446 g/mol. The molecule has 0 saturated carbocycles. The van der Waals surface area contributed by atoms with Gasteiger partial charge < -0.3 is 19.9 Å². The van der Waals surface area contributed by atoms with Crippen molar-refractivity contribution in [3.63, 3.8) is 0 Å². The van der Waals surface area contributed by atoms with Crippen LogP contribution >= 0.6 is 27.3 Å². The van der Waals surface area contributed by atoms with Crippen LogP contribution in [0, 0.1) is 0 Å². The highest BCUT2D eigenvalue weighted by atomic mass is 79.9. The van der Waals surface area contributed by atoms with Gasteiger partial charge in [0.2, 0.25) is 0 Å². The molecule has 140 valence electrons. The van der Waals surface area contributed by atoms with E-state index in [9.17, 15) is 4.79 Å². The normalized spacial score (nSPS) is 14.4. The van der Waals surface area contributed by atoms with Crippen LogP contribution < -0.4 is 15.0 Å². The van der Waals surface area contributed by atoms with Crippen molar-refractivity contribution < 1.29 is 9.53 Å². The number of fused-ring (bicyclic) bond motifs is 1. The molecule has 3 aromatic rings. The Labute approximate surface area is 169 Å². The van der Waals surface area contributed by atoms with E-state index in [1.807, 2.05) is 41.3 Å². The zero-order chi connectivity index (χ0) is 18.8. The molecule has 0 atom stereocenters. The highest BCUT2D eigenvalue weighted by Gasteiger charge is 2.23. The van der Waals surface area contributed by atoms with E-state index in [2.05, 4.69) is 32.2 Å². The van der Waals surface area contributed by atoms with Crippen molar-refractivity contribution in [3.8, 4) is 5.75 Å². The van der Waals surface area contributed by atoms with Crippen molar-refractivity contribution in [2.24, 2.45) is 0 Å². The number of rotatable bonds is 3. The lowest BCUT2D eigenvalue weighted by atomic mass is 10.3. The fourth-order valence-electron chi connectivity index (χ4n) is 3.03. The highest BCUT2D eigenvalue weighted by molar-refractivity contribution is 9.10. The number of piperazine rings is 1. The first-order valence-electron chi connectivity index (χ1n) is 8.63. The summed E-state index contributed by atoms with van der Waals surface area (Å²) in [5.41, 5.74) is 1.75. The van der Waals surface area contributed by atoms with E-state index in [0.29, 0.717) is 13.1 Å². The summed E-state index contributed by atoms with van der Waals surface area (Å²) in [5, 5.41) is 3.95. The van der Waals surface area contributed by atoms with Gasteiger partial charge in [0.1, 0.15) is 5.75 Å². The number of nitrogens with zero attached hydrogens (tertiary/aromatic N) is 3. The fraction of sp³-hybridized carbons (Fsp3) is 0.263. The average molecular weight is 447 g/mol. The van der Waals surface area contributed by atoms with E-state index in [-0.39, 0.29) is 6.03 Å². The number of methoxy groups -OCH3 is 1. The predicted octanol–water partition coefficient (Wildman–Crippen LogP) is 4.42. The van der Waals surface area contributed by atoms with Gasteiger partial charge in [-0.2, -0.15) is 0 Å². The molecule has 1 aliphatic rings. The van der Waals surface area contributed by atoms with Crippen LogP contribution in [0.4, 0.5) is 15.6 Å². The number of hydrogen-bond acceptors (Lipinski definition) is 5. The van der Waals surface area contributed by atoms with Gasteiger partial charge in [-0.1, -0.05) is 33.3 Å². The lowest BCUT2D eigenvalue weighted by Gasteiger charge is -2.34. The fourth-order valence-corrected chi connectivity index (χ4v) is 4.59. The molecule has 2 amide bonds. The third kappa shape index (κ3) is 4.01. The second-order valence-electron chi connectivity index (χ2n) is 6.24. The molecule has 1 saturated heterocycles. The summed E-state index contributed by atoms with van der Waals surface area (Å²) in [4.78, 5) is 21.3. The standard InChI is InChI=1S/C19H19BrN4O2S/c1-26-15-4-2-3-14(12-15)21-18(25)23-7-9-24(10-8-23)19-22-16-6-5-13(20)11-17(16)27-19/h2-6,11-12H,7-10H2,1H3,(H,21,25). The van der Waals surface area contributed by atoms with Crippen LogP contribution in [0.2, 0.25) is 0 Å². The average Bonchev–Trinajstić information content (AvgIpc) is 3.11.